The van der Waals surface area contributed by atoms with Gasteiger partial charge in [-0.1, -0.05) is 0 Å². The summed E-state index contributed by atoms with van der Waals surface area (Å²) in [5.74, 6) is 0.191. The molecule has 0 aromatic rings. The number of aliphatic hydroxyl groups excluding tert-OH is 1. The smallest absolute Gasteiger partial charge is 0.223 e. The minimum Gasteiger partial charge on any atom is -0.394 e. The van der Waals surface area contributed by atoms with Gasteiger partial charge in [0.05, 0.1) is 25.2 Å². The van der Waals surface area contributed by atoms with Crippen LogP contribution in [-0.2, 0) is 14.3 Å². The highest BCUT2D eigenvalue weighted by molar-refractivity contribution is 5.81. The SMILES string of the molecule is CCNC(=O)C[C@H]1CC[C@@H](NC(=O)C2CC2)[C@@H](CO)O1. The van der Waals surface area contributed by atoms with Crippen LogP contribution in [0.5, 0.6) is 0 Å². The minimum absolute atomic E-state index is 0.0327. The number of carbonyl (C=O) groups excluding carboxylic acids is 2. The van der Waals surface area contributed by atoms with Crippen LogP contribution >= 0.6 is 0 Å². The Balaban J connectivity index is 1.80. The lowest BCUT2D eigenvalue weighted by molar-refractivity contribution is -0.136. The van der Waals surface area contributed by atoms with Crippen molar-refractivity contribution in [2.45, 2.75) is 57.3 Å². The van der Waals surface area contributed by atoms with E-state index in [0.717, 1.165) is 25.7 Å². The summed E-state index contributed by atoms with van der Waals surface area (Å²) in [7, 11) is 0. The Morgan fingerprint density at radius 1 is 1.25 bits per heavy atom. The molecule has 0 aromatic carbocycles. The number of hydrogen-bond acceptors (Lipinski definition) is 4. The van der Waals surface area contributed by atoms with E-state index >= 15 is 0 Å². The van der Waals surface area contributed by atoms with E-state index in [-0.39, 0.29) is 36.5 Å². The molecule has 20 heavy (non-hydrogen) atoms. The summed E-state index contributed by atoms with van der Waals surface area (Å²) in [6.45, 7) is 2.34. The van der Waals surface area contributed by atoms with Gasteiger partial charge < -0.3 is 20.5 Å². The number of amides is 2. The Bertz CT molecular complexity index is 357. The van der Waals surface area contributed by atoms with Gasteiger partial charge in [0.1, 0.15) is 6.10 Å². The van der Waals surface area contributed by atoms with Gasteiger partial charge in [-0.25, -0.2) is 0 Å². The first kappa shape index (κ1) is 15.3. The lowest BCUT2D eigenvalue weighted by Crippen LogP contribution is -2.51. The third kappa shape index (κ3) is 4.18. The lowest BCUT2D eigenvalue weighted by atomic mass is 9.96. The van der Waals surface area contributed by atoms with E-state index in [0.29, 0.717) is 13.0 Å². The summed E-state index contributed by atoms with van der Waals surface area (Å²) in [6.07, 6.45) is 3.12. The van der Waals surface area contributed by atoms with Gasteiger partial charge in [-0.2, -0.15) is 0 Å². The van der Waals surface area contributed by atoms with Gasteiger partial charge in [-0.15, -0.1) is 0 Å². The first-order chi connectivity index (χ1) is 9.63. The van der Waals surface area contributed by atoms with Crippen LogP contribution in [0.1, 0.15) is 39.0 Å². The number of rotatable bonds is 6. The molecule has 0 aromatic heterocycles. The molecule has 2 fully saturated rings. The second-order valence-corrected chi connectivity index (χ2v) is 5.60. The Morgan fingerprint density at radius 3 is 2.60 bits per heavy atom. The fourth-order valence-electron chi connectivity index (χ4n) is 2.57. The van der Waals surface area contributed by atoms with Gasteiger partial charge in [-0.05, 0) is 32.6 Å². The van der Waals surface area contributed by atoms with Crippen molar-refractivity contribution in [3.05, 3.63) is 0 Å². The molecule has 1 aliphatic carbocycles. The summed E-state index contributed by atoms with van der Waals surface area (Å²) >= 11 is 0. The number of nitrogens with one attached hydrogen (secondary N) is 2. The summed E-state index contributed by atoms with van der Waals surface area (Å²) in [6, 6.07) is -0.140. The van der Waals surface area contributed by atoms with Crippen molar-refractivity contribution in [1.29, 1.82) is 0 Å². The summed E-state index contributed by atoms with van der Waals surface area (Å²) < 4.78 is 5.74. The monoisotopic (exact) mass is 284 g/mol. The predicted octanol–water partition coefficient (Wildman–Crippen LogP) is -0.0527. The highest BCUT2D eigenvalue weighted by Crippen LogP contribution is 2.30. The van der Waals surface area contributed by atoms with E-state index in [2.05, 4.69) is 10.6 Å². The number of carbonyl (C=O) groups is 2. The van der Waals surface area contributed by atoms with Gasteiger partial charge in [0.2, 0.25) is 11.8 Å². The predicted molar refractivity (Wildman–Crippen MR) is 72.9 cm³/mol. The molecule has 0 spiro atoms. The molecule has 114 valence electrons. The van der Waals surface area contributed by atoms with E-state index in [9.17, 15) is 14.7 Å². The summed E-state index contributed by atoms with van der Waals surface area (Å²) in [4.78, 5) is 23.3. The third-order valence-corrected chi connectivity index (χ3v) is 3.86. The van der Waals surface area contributed by atoms with Crippen LogP contribution in [-0.4, -0.2) is 48.3 Å². The molecule has 3 atom stereocenters. The maximum absolute atomic E-state index is 11.8. The molecule has 1 saturated carbocycles. The van der Waals surface area contributed by atoms with Gasteiger partial charge >= 0.3 is 0 Å². The highest BCUT2D eigenvalue weighted by Gasteiger charge is 2.36. The molecular weight excluding hydrogens is 260 g/mol. The molecule has 2 rings (SSSR count). The fraction of sp³-hybridized carbons (Fsp3) is 0.857. The Kier molecular flexibility index (Phi) is 5.37. The number of hydrogen-bond donors (Lipinski definition) is 3. The molecule has 1 saturated heterocycles. The average molecular weight is 284 g/mol. The van der Waals surface area contributed by atoms with Crippen molar-refractivity contribution in [3.63, 3.8) is 0 Å². The number of aliphatic hydroxyl groups is 1. The molecular formula is C14H24N2O4. The highest BCUT2D eigenvalue weighted by atomic mass is 16.5. The van der Waals surface area contributed by atoms with Crippen molar-refractivity contribution in [2.24, 2.45) is 5.92 Å². The molecule has 1 aliphatic heterocycles. The average Bonchev–Trinajstić information content (AvgIpc) is 3.25. The molecule has 6 heteroatoms. The maximum Gasteiger partial charge on any atom is 0.223 e. The second-order valence-electron chi connectivity index (χ2n) is 5.60. The molecule has 1 heterocycles. The molecule has 6 nitrogen and oxygen atoms in total. The second kappa shape index (κ2) is 7.04. The lowest BCUT2D eigenvalue weighted by Gasteiger charge is -2.36. The van der Waals surface area contributed by atoms with E-state index in [1.165, 1.54) is 0 Å². The van der Waals surface area contributed by atoms with Crippen molar-refractivity contribution in [1.82, 2.24) is 10.6 Å². The van der Waals surface area contributed by atoms with Gasteiger partial charge in [0.25, 0.3) is 0 Å². The summed E-state index contributed by atoms with van der Waals surface area (Å²) in [5.41, 5.74) is 0. The first-order valence-electron chi connectivity index (χ1n) is 7.47. The van der Waals surface area contributed by atoms with E-state index in [1.54, 1.807) is 0 Å². The van der Waals surface area contributed by atoms with Crippen molar-refractivity contribution >= 4 is 11.8 Å². The minimum atomic E-state index is -0.411. The third-order valence-electron chi connectivity index (χ3n) is 3.86. The van der Waals surface area contributed by atoms with Crippen LogP contribution in [0.3, 0.4) is 0 Å². The zero-order valence-corrected chi connectivity index (χ0v) is 11.9. The Morgan fingerprint density at radius 2 is 2.00 bits per heavy atom. The van der Waals surface area contributed by atoms with E-state index in [1.807, 2.05) is 6.92 Å². The fourth-order valence-corrected chi connectivity index (χ4v) is 2.57. The van der Waals surface area contributed by atoms with E-state index < -0.39 is 6.10 Å². The van der Waals surface area contributed by atoms with Crippen LogP contribution in [0.25, 0.3) is 0 Å². The Labute approximate surface area is 119 Å². The van der Waals surface area contributed by atoms with Crippen LogP contribution in [0.15, 0.2) is 0 Å². The van der Waals surface area contributed by atoms with Crippen LogP contribution in [0, 0.1) is 5.92 Å². The molecule has 0 radical (unpaired) electrons. The Hall–Kier alpha value is -1.14. The van der Waals surface area contributed by atoms with Crippen molar-refractivity contribution < 1.29 is 19.4 Å². The maximum atomic E-state index is 11.8. The van der Waals surface area contributed by atoms with E-state index in [4.69, 9.17) is 4.74 Å². The largest absolute Gasteiger partial charge is 0.394 e. The van der Waals surface area contributed by atoms with Crippen LogP contribution in [0.2, 0.25) is 0 Å². The standard InChI is InChI=1S/C14H24N2O4/c1-2-15-13(18)7-10-5-6-11(12(8-17)20-10)16-14(19)9-3-4-9/h9-12,17H,2-8H2,1H3,(H,15,18)(H,16,19)/t10-,11-,12-/m1/s1. The quantitative estimate of drug-likeness (QED) is 0.638. The van der Waals surface area contributed by atoms with Gasteiger partial charge in [0, 0.05) is 12.5 Å². The normalized spacial score (nSPS) is 29.8. The summed E-state index contributed by atoms with van der Waals surface area (Å²) in [5, 5.41) is 15.1. The van der Waals surface area contributed by atoms with Gasteiger partial charge in [0.15, 0.2) is 0 Å². The number of ether oxygens (including phenoxy) is 1. The van der Waals surface area contributed by atoms with Gasteiger partial charge in [-0.3, -0.25) is 9.59 Å². The zero-order chi connectivity index (χ0) is 14.5. The molecule has 0 unspecified atom stereocenters. The molecule has 2 aliphatic rings. The van der Waals surface area contributed by atoms with Crippen molar-refractivity contribution in [2.75, 3.05) is 13.2 Å². The topological polar surface area (TPSA) is 87.7 Å². The molecule has 3 N–H and O–H groups in total. The zero-order valence-electron chi connectivity index (χ0n) is 11.9. The van der Waals surface area contributed by atoms with Crippen LogP contribution in [0.4, 0.5) is 0 Å². The molecule has 0 bridgehead atoms. The van der Waals surface area contributed by atoms with Crippen LogP contribution < -0.4 is 10.6 Å². The first-order valence-corrected chi connectivity index (χ1v) is 7.47. The van der Waals surface area contributed by atoms with Crippen molar-refractivity contribution in [3.8, 4) is 0 Å². The molecule has 2 amide bonds.